The number of hydrogen-bond acceptors (Lipinski definition) is 2. The topological polar surface area (TPSA) is 38.0 Å². The highest BCUT2D eigenvalue weighted by Crippen LogP contribution is 2.30. The Balaban J connectivity index is 2.25. The van der Waals surface area contributed by atoms with Crippen LogP contribution in [0.25, 0.3) is 0 Å². The summed E-state index contributed by atoms with van der Waals surface area (Å²) < 4.78 is 0. The first-order chi connectivity index (χ1) is 8.36. The molecule has 0 spiro atoms. The van der Waals surface area contributed by atoms with Crippen molar-refractivity contribution < 1.29 is 0 Å². The van der Waals surface area contributed by atoms with Crippen LogP contribution >= 0.6 is 0 Å². The van der Waals surface area contributed by atoms with Gasteiger partial charge < -0.3 is 11.1 Å². The SMILES string of the molecule is CCC(CN)c1ccccc1C1CCCCN1. The van der Waals surface area contributed by atoms with Crippen molar-refractivity contribution in [3.8, 4) is 0 Å². The molecule has 3 N–H and O–H groups in total. The predicted molar refractivity (Wildman–Crippen MR) is 73.1 cm³/mol. The largest absolute Gasteiger partial charge is 0.330 e. The van der Waals surface area contributed by atoms with E-state index in [2.05, 4.69) is 36.5 Å². The predicted octanol–water partition coefficient (Wildman–Crippen LogP) is 2.95. The van der Waals surface area contributed by atoms with Crippen LogP contribution in [-0.2, 0) is 0 Å². The average Bonchev–Trinajstić information content (AvgIpc) is 2.42. The van der Waals surface area contributed by atoms with E-state index in [1.165, 1.54) is 30.4 Å². The minimum atomic E-state index is 0.509. The van der Waals surface area contributed by atoms with E-state index in [0.29, 0.717) is 12.0 Å². The molecule has 1 aliphatic heterocycles. The highest BCUT2D eigenvalue weighted by Gasteiger charge is 2.20. The lowest BCUT2D eigenvalue weighted by Crippen LogP contribution is -2.28. The Labute approximate surface area is 105 Å². The molecule has 1 saturated heterocycles. The standard InChI is InChI=1S/C15H24N2/c1-2-12(11-16)13-7-3-4-8-14(13)15-9-5-6-10-17-15/h3-4,7-8,12,15,17H,2,5-6,9-11,16H2,1H3. The van der Waals surface area contributed by atoms with Gasteiger partial charge in [-0.1, -0.05) is 37.6 Å². The van der Waals surface area contributed by atoms with Crippen LogP contribution in [0.1, 0.15) is 55.7 Å². The van der Waals surface area contributed by atoms with Crippen LogP contribution in [0, 0.1) is 0 Å². The van der Waals surface area contributed by atoms with Crippen LogP contribution in [0.3, 0.4) is 0 Å². The van der Waals surface area contributed by atoms with Gasteiger partial charge in [0.25, 0.3) is 0 Å². The fourth-order valence-electron chi connectivity index (χ4n) is 2.83. The van der Waals surface area contributed by atoms with Crippen molar-refractivity contribution in [1.82, 2.24) is 5.32 Å². The normalized spacial score (nSPS) is 22.4. The molecule has 0 bridgehead atoms. The molecule has 2 rings (SSSR count). The summed E-state index contributed by atoms with van der Waals surface area (Å²) in [7, 11) is 0. The van der Waals surface area contributed by atoms with Crippen LogP contribution < -0.4 is 11.1 Å². The molecule has 1 aliphatic rings. The van der Waals surface area contributed by atoms with Gasteiger partial charge in [0.15, 0.2) is 0 Å². The van der Waals surface area contributed by atoms with Gasteiger partial charge in [0.05, 0.1) is 0 Å². The molecule has 1 aromatic carbocycles. The van der Waals surface area contributed by atoms with Crippen molar-refractivity contribution in [3.05, 3.63) is 35.4 Å². The fourth-order valence-corrected chi connectivity index (χ4v) is 2.83. The van der Waals surface area contributed by atoms with Crippen molar-refractivity contribution in [2.24, 2.45) is 5.73 Å². The Bertz CT molecular complexity index is 339. The number of nitrogens with one attached hydrogen (secondary N) is 1. The number of nitrogens with two attached hydrogens (primary N) is 1. The van der Waals surface area contributed by atoms with Crippen molar-refractivity contribution in [3.63, 3.8) is 0 Å². The van der Waals surface area contributed by atoms with Crippen LogP contribution in [-0.4, -0.2) is 13.1 Å². The summed E-state index contributed by atoms with van der Waals surface area (Å²) in [4.78, 5) is 0. The summed E-state index contributed by atoms with van der Waals surface area (Å²) in [6, 6.07) is 9.36. The van der Waals surface area contributed by atoms with Gasteiger partial charge in [0.1, 0.15) is 0 Å². The number of piperidine rings is 1. The first-order valence-corrected chi connectivity index (χ1v) is 6.89. The van der Waals surface area contributed by atoms with Crippen molar-refractivity contribution in [2.45, 2.75) is 44.6 Å². The quantitative estimate of drug-likeness (QED) is 0.837. The average molecular weight is 232 g/mol. The zero-order valence-corrected chi connectivity index (χ0v) is 10.8. The smallest absolute Gasteiger partial charge is 0.0323 e. The third-order valence-corrected chi connectivity index (χ3v) is 3.90. The first kappa shape index (κ1) is 12.6. The van der Waals surface area contributed by atoms with Gasteiger partial charge in [-0.15, -0.1) is 0 Å². The van der Waals surface area contributed by atoms with Gasteiger partial charge in [-0.25, -0.2) is 0 Å². The van der Waals surface area contributed by atoms with E-state index in [0.717, 1.165) is 19.5 Å². The maximum Gasteiger partial charge on any atom is 0.0323 e. The van der Waals surface area contributed by atoms with Gasteiger partial charge in [0.2, 0.25) is 0 Å². The molecule has 2 atom stereocenters. The van der Waals surface area contributed by atoms with E-state index in [1.54, 1.807) is 0 Å². The van der Waals surface area contributed by atoms with Crippen LogP contribution in [0.4, 0.5) is 0 Å². The summed E-state index contributed by atoms with van der Waals surface area (Å²) >= 11 is 0. The van der Waals surface area contributed by atoms with E-state index in [9.17, 15) is 0 Å². The molecule has 1 aromatic rings. The molecule has 0 aliphatic carbocycles. The molecule has 0 aromatic heterocycles. The molecular weight excluding hydrogens is 208 g/mol. The molecule has 2 unspecified atom stereocenters. The third-order valence-electron chi connectivity index (χ3n) is 3.90. The minimum Gasteiger partial charge on any atom is -0.330 e. The molecule has 1 fully saturated rings. The molecule has 0 radical (unpaired) electrons. The summed E-state index contributed by atoms with van der Waals surface area (Å²) in [5, 5.41) is 3.64. The molecule has 0 saturated carbocycles. The molecule has 17 heavy (non-hydrogen) atoms. The second-order valence-corrected chi connectivity index (χ2v) is 4.97. The van der Waals surface area contributed by atoms with Gasteiger partial charge in [-0.05, 0) is 49.4 Å². The summed E-state index contributed by atoms with van der Waals surface area (Å²) in [5.74, 6) is 0.509. The summed E-state index contributed by atoms with van der Waals surface area (Å²) in [5.41, 5.74) is 8.83. The lowest BCUT2D eigenvalue weighted by atomic mass is 9.86. The molecule has 0 amide bonds. The minimum absolute atomic E-state index is 0.509. The Morgan fingerprint density at radius 3 is 2.82 bits per heavy atom. The van der Waals surface area contributed by atoms with E-state index in [-0.39, 0.29) is 0 Å². The maximum absolute atomic E-state index is 5.89. The van der Waals surface area contributed by atoms with E-state index in [4.69, 9.17) is 5.73 Å². The third kappa shape index (κ3) is 2.88. The Morgan fingerprint density at radius 1 is 1.35 bits per heavy atom. The van der Waals surface area contributed by atoms with Crippen LogP contribution in [0.15, 0.2) is 24.3 Å². The second-order valence-electron chi connectivity index (χ2n) is 4.97. The van der Waals surface area contributed by atoms with Gasteiger partial charge in [-0.2, -0.15) is 0 Å². The van der Waals surface area contributed by atoms with Crippen LogP contribution in [0.5, 0.6) is 0 Å². The van der Waals surface area contributed by atoms with Gasteiger partial charge >= 0.3 is 0 Å². The van der Waals surface area contributed by atoms with E-state index >= 15 is 0 Å². The zero-order valence-electron chi connectivity index (χ0n) is 10.8. The lowest BCUT2D eigenvalue weighted by molar-refractivity contribution is 0.408. The fraction of sp³-hybridized carbons (Fsp3) is 0.600. The highest BCUT2D eigenvalue weighted by atomic mass is 14.9. The number of hydrogen-bond donors (Lipinski definition) is 2. The Kier molecular flexibility index (Phi) is 4.57. The number of benzene rings is 1. The molecular formula is C15H24N2. The Hall–Kier alpha value is -0.860. The van der Waals surface area contributed by atoms with Crippen molar-refractivity contribution in [2.75, 3.05) is 13.1 Å². The Morgan fingerprint density at radius 2 is 2.18 bits per heavy atom. The molecule has 2 nitrogen and oxygen atoms in total. The van der Waals surface area contributed by atoms with E-state index < -0.39 is 0 Å². The monoisotopic (exact) mass is 232 g/mol. The van der Waals surface area contributed by atoms with E-state index in [1.807, 2.05) is 0 Å². The van der Waals surface area contributed by atoms with Crippen molar-refractivity contribution in [1.29, 1.82) is 0 Å². The van der Waals surface area contributed by atoms with Gasteiger partial charge in [0, 0.05) is 6.04 Å². The number of rotatable bonds is 4. The molecule has 94 valence electrons. The first-order valence-electron chi connectivity index (χ1n) is 6.89. The van der Waals surface area contributed by atoms with Gasteiger partial charge in [-0.3, -0.25) is 0 Å². The zero-order chi connectivity index (χ0) is 12.1. The maximum atomic E-state index is 5.89. The van der Waals surface area contributed by atoms with Crippen LogP contribution in [0.2, 0.25) is 0 Å². The second kappa shape index (κ2) is 6.18. The summed E-state index contributed by atoms with van der Waals surface area (Å²) in [6.07, 6.45) is 5.04. The summed E-state index contributed by atoms with van der Waals surface area (Å²) in [6.45, 7) is 4.13. The lowest BCUT2D eigenvalue weighted by Gasteiger charge is -2.28. The highest BCUT2D eigenvalue weighted by molar-refractivity contribution is 5.33. The molecule has 2 heteroatoms. The molecule has 1 heterocycles. The van der Waals surface area contributed by atoms with Crippen molar-refractivity contribution >= 4 is 0 Å².